The molecule has 2 rings (SSSR count). The summed E-state index contributed by atoms with van der Waals surface area (Å²) in [5.74, 6) is -0.157. The number of amides is 1. The fourth-order valence-electron chi connectivity index (χ4n) is 2.13. The third-order valence-electron chi connectivity index (χ3n) is 3.33. The van der Waals surface area contributed by atoms with Crippen molar-refractivity contribution in [2.45, 2.75) is 11.3 Å². The third kappa shape index (κ3) is 5.43. The van der Waals surface area contributed by atoms with E-state index in [0.717, 1.165) is 0 Å². The SMILES string of the molecule is CNCCC(=O)Nc1cccc(S(=O)(=O)N2CCOCC2)c1.Cl. The molecule has 1 aliphatic rings. The van der Waals surface area contributed by atoms with Crippen LogP contribution < -0.4 is 10.6 Å². The number of nitrogens with one attached hydrogen (secondary N) is 2. The van der Waals surface area contributed by atoms with Crippen LogP contribution in [0.4, 0.5) is 5.69 Å². The number of hydrogen-bond donors (Lipinski definition) is 2. The number of ether oxygens (including phenoxy) is 1. The van der Waals surface area contributed by atoms with Crippen LogP contribution >= 0.6 is 12.4 Å². The van der Waals surface area contributed by atoms with E-state index in [1.165, 1.54) is 16.4 Å². The number of benzene rings is 1. The van der Waals surface area contributed by atoms with E-state index in [-0.39, 0.29) is 23.2 Å². The largest absolute Gasteiger partial charge is 0.379 e. The number of halogens is 1. The van der Waals surface area contributed by atoms with E-state index in [1.807, 2.05) is 0 Å². The predicted octanol–water partition coefficient (Wildman–Crippen LogP) is 0.677. The minimum absolute atomic E-state index is 0. The van der Waals surface area contributed by atoms with Gasteiger partial charge in [-0.2, -0.15) is 4.31 Å². The van der Waals surface area contributed by atoms with Gasteiger partial charge in [0.15, 0.2) is 0 Å². The minimum atomic E-state index is -3.55. The molecule has 0 saturated carbocycles. The number of carbonyl (C=O) groups excluding carboxylic acids is 1. The van der Waals surface area contributed by atoms with E-state index >= 15 is 0 Å². The first-order chi connectivity index (χ1) is 10.5. The lowest BCUT2D eigenvalue weighted by molar-refractivity contribution is -0.116. The number of sulfonamides is 1. The van der Waals surface area contributed by atoms with Gasteiger partial charge in [0.25, 0.3) is 0 Å². The second kappa shape index (κ2) is 9.19. The van der Waals surface area contributed by atoms with Crippen LogP contribution in [0.2, 0.25) is 0 Å². The summed E-state index contributed by atoms with van der Waals surface area (Å²) >= 11 is 0. The fourth-order valence-corrected chi connectivity index (χ4v) is 3.59. The van der Waals surface area contributed by atoms with E-state index in [4.69, 9.17) is 4.74 Å². The van der Waals surface area contributed by atoms with E-state index in [0.29, 0.717) is 45.0 Å². The second-order valence-corrected chi connectivity index (χ2v) is 6.88. The lowest BCUT2D eigenvalue weighted by atomic mass is 10.3. The average Bonchev–Trinajstić information content (AvgIpc) is 2.54. The summed E-state index contributed by atoms with van der Waals surface area (Å²) in [6.45, 7) is 2.07. The first-order valence-electron chi connectivity index (χ1n) is 7.16. The molecule has 1 saturated heterocycles. The first kappa shape index (κ1) is 19.9. The van der Waals surface area contributed by atoms with Crippen LogP contribution in [0.1, 0.15) is 6.42 Å². The van der Waals surface area contributed by atoms with Gasteiger partial charge in [-0.1, -0.05) is 6.07 Å². The quantitative estimate of drug-likeness (QED) is 0.776. The summed E-state index contributed by atoms with van der Waals surface area (Å²) in [4.78, 5) is 11.9. The van der Waals surface area contributed by atoms with Gasteiger partial charge in [-0.3, -0.25) is 4.79 Å². The summed E-state index contributed by atoms with van der Waals surface area (Å²) in [7, 11) is -1.78. The predicted molar refractivity (Wildman–Crippen MR) is 90.4 cm³/mol. The van der Waals surface area contributed by atoms with Crippen molar-refractivity contribution < 1.29 is 17.9 Å². The van der Waals surface area contributed by atoms with Gasteiger partial charge in [0.2, 0.25) is 15.9 Å². The van der Waals surface area contributed by atoms with Crippen LogP contribution in [0.5, 0.6) is 0 Å². The highest BCUT2D eigenvalue weighted by molar-refractivity contribution is 7.89. The van der Waals surface area contributed by atoms with Crippen LogP contribution in [0.3, 0.4) is 0 Å². The molecule has 7 nitrogen and oxygen atoms in total. The van der Waals surface area contributed by atoms with Crippen molar-refractivity contribution in [3.05, 3.63) is 24.3 Å². The summed E-state index contributed by atoms with van der Waals surface area (Å²) in [6, 6.07) is 6.33. The Balaban J connectivity index is 0.00000264. The maximum Gasteiger partial charge on any atom is 0.243 e. The highest BCUT2D eigenvalue weighted by atomic mass is 35.5. The van der Waals surface area contributed by atoms with Gasteiger partial charge in [-0.15, -0.1) is 12.4 Å². The highest BCUT2D eigenvalue weighted by Crippen LogP contribution is 2.20. The Kier molecular flexibility index (Phi) is 7.93. The van der Waals surface area contributed by atoms with Crippen molar-refractivity contribution in [2.24, 2.45) is 0 Å². The van der Waals surface area contributed by atoms with Gasteiger partial charge >= 0.3 is 0 Å². The zero-order valence-electron chi connectivity index (χ0n) is 12.9. The number of morpholine rings is 1. The Labute approximate surface area is 142 Å². The lowest BCUT2D eigenvalue weighted by Crippen LogP contribution is -2.40. The van der Waals surface area contributed by atoms with Crippen LogP contribution in [-0.2, 0) is 19.6 Å². The topological polar surface area (TPSA) is 87.7 Å². The number of nitrogens with zero attached hydrogens (tertiary/aromatic N) is 1. The molecular weight excluding hydrogens is 342 g/mol. The maximum atomic E-state index is 12.5. The Morgan fingerprint density at radius 2 is 2.00 bits per heavy atom. The Bertz CT molecular complexity index is 618. The zero-order chi connectivity index (χ0) is 16.0. The van der Waals surface area contributed by atoms with Gasteiger partial charge < -0.3 is 15.4 Å². The van der Waals surface area contributed by atoms with Crippen molar-refractivity contribution in [1.82, 2.24) is 9.62 Å². The van der Waals surface area contributed by atoms with Crippen molar-refractivity contribution in [3.8, 4) is 0 Å². The number of carbonyl (C=O) groups is 1. The van der Waals surface area contributed by atoms with Crippen molar-refractivity contribution in [2.75, 3.05) is 45.2 Å². The second-order valence-electron chi connectivity index (χ2n) is 4.95. The maximum absolute atomic E-state index is 12.5. The van der Waals surface area contributed by atoms with E-state index in [9.17, 15) is 13.2 Å². The minimum Gasteiger partial charge on any atom is -0.379 e. The van der Waals surface area contributed by atoms with Gasteiger partial charge in [-0.05, 0) is 25.2 Å². The molecule has 9 heteroatoms. The van der Waals surface area contributed by atoms with Gasteiger partial charge in [0.05, 0.1) is 18.1 Å². The molecule has 1 amide bonds. The van der Waals surface area contributed by atoms with Crippen LogP contribution in [0.15, 0.2) is 29.2 Å². The molecule has 0 atom stereocenters. The number of hydrogen-bond acceptors (Lipinski definition) is 5. The van der Waals surface area contributed by atoms with Crippen LogP contribution in [0, 0.1) is 0 Å². The van der Waals surface area contributed by atoms with Gasteiger partial charge in [-0.25, -0.2) is 8.42 Å². The average molecular weight is 364 g/mol. The first-order valence-corrected chi connectivity index (χ1v) is 8.60. The molecule has 1 aliphatic heterocycles. The highest BCUT2D eigenvalue weighted by Gasteiger charge is 2.26. The summed E-state index contributed by atoms with van der Waals surface area (Å²) < 4.78 is 31.7. The monoisotopic (exact) mass is 363 g/mol. The Morgan fingerprint density at radius 1 is 1.30 bits per heavy atom. The molecular formula is C14H22ClN3O4S. The van der Waals surface area contributed by atoms with E-state index in [2.05, 4.69) is 10.6 Å². The van der Waals surface area contributed by atoms with Crippen molar-refractivity contribution in [1.29, 1.82) is 0 Å². The summed E-state index contributed by atoms with van der Waals surface area (Å²) in [5, 5.41) is 5.59. The molecule has 0 aliphatic carbocycles. The molecule has 0 unspecified atom stereocenters. The zero-order valence-corrected chi connectivity index (χ0v) is 14.6. The Hall–Kier alpha value is -1.19. The van der Waals surface area contributed by atoms with Crippen LogP contribution in [-0.4, -0.2) is 58.5 Å². The summed E-state index contributed by atoms with van der Waals surface area (Å²) in [5.41, 5.74) is 0.482. The number of anilines is 1. The molecule has 2 N–H and O–H groups in total. The van der Waals surface area contributed by atoms with Crippen molar-refractivity contribution in [3.63, 3.8) is 0 Å². The molecule has 130 valence electrons. The molecule has 0 spiro atoms. The van der Waals surface area contributed by atoms with Gasteiger partial charge in [0.1, 0.15) is 0 Å². The van der Waals surface area contributed by atoms with Crippen molar-refractivity contribution >= 4 is 34.0 Å². The molecule has 1 aromatic rings. The summed E-state index contributed by atoms with van der Waals surface area (Å²) in [6.07, 6.45) is 0.330. The molecule has 1 fully saturated rings. The molecule has 23 heavy (non-hydrogen) atoms. The molecule has 1 aromatic carbocycles. The van der Waals surface area contributed by atoms with Gasteiger partial charge in [0, 0.05) is 31.7 Å². The third-order valence-corrected chi connectivity index (χ3v) is 5.22. The normalized spacial score (nSPS) is 15.7. The standard InChI is InChI=1S/C14H21N3O4S.ClH/c1-15-6-5-14(18)16-12-3-2-4-13(11-12)22(19,20)17-7-9-21-10-8-17;/h2-4,11,15H,5-10H2,1H3,(H,16,18);1H. The molecule has 0 aromatic heterocycles. The van der Waals surface area contributed by atoms with E-state index in [1.54, 1.807) is 19.2 Å². The molecule has 1 heterocycles. The number of rotatable bonds is 6. The smallest absolute Gasteiger partial charge is 0.243 e. The lowest BCUT2D eigenvalue weighted by Gasteiger charge is -2.26. The van der Waals surface area contributed by atoms with Crippen LogP contribution in [0.25, 0.3) is 0 Å². The van der Waals surface area contributed by atoms with E-state index < -0.39 is 10.0 Å². The Morgan fingerprint density at radius 3 is 2.65 bits per heavy atom. The molecule has 0 bridgehead atoms. The fraction of sp³-hybridized carbons (Fsp3) is 0.500. The molecule has 0 radical (unpaired) electrons.